The predicted octanol–water partition coefficient (Wildman–Crippen LogP) is 4.68. The SMILES string of the molecule is Cc1ccc(Oc2cccc(CNC(C)(C)C)c2)cc1. The summed E-state index contributed by atoms with van der Waals surface area (Å²) < 4.78 is 5.88. The molecule has 0 saturated heterocycles. The minimum Gasteiger partial charge on any atom is -0.457 e. The Morgan fingerprint density at radius 1 is 0.950 bits per heavy atom. The van der Waals surface area contributed by atoms with E-state index in [1.165, 1.54) is 11.1 Å². The molecule has 2 aromatic rings. The molecule has 0 spiro atoms. The molecule has 0 fully saturated rings. The first-order valence-corrected chi connectivity index (χ1v) is 7.01. The smallest absolute Gasteiger partial charge is 0.127 e. The van der Waals surface area contributed by atoms with E-state index >= 15 is 0 Å². The predicted molar refractivity (Wildman–Crippen MR) is 84.3 cm³/mol. The van der Waals surface area contributed by atoms with Crippen LogP contribution < -0.4 is 10.1 Å². The molecule has 0 amide bonds. The van der Waals surface area contributed by atoms with Gasteiger partial charge in [-0.2, -0.15) is 0 Å². The molecule has 0 radical (unpaired) electrons. The van der Waals surface area contributed by atoms with Gasteiger partial charge in [0.2, 0.25) is 0 Å². The minimum atomic E-state index is 0.119. The lowest BCUT2D eigenvalue weighted by atomic mass is 10.1. The molecule has 0 atom stereocenters. The molecular formula is C18H23NO. The van der Waals surface area contributed by atoms with Gasteiger partial charge in [0.25, 0.3) is 0 Å². The van der Waals surface area contributed by atoms with Crippen LogP contribution in [0.1, 0.15) is 31.9 Å². The van der Waals surface area contributed by atoms with E-state index in [1.54, 1.807) is 0 Å². The third-order valence-electron chi connectivity index (χ3n) is 2.98. The van der Waals surface area contributed by atoms with Crippen LogP contribution in [0.4, 0.5) is 0 Å². The summed E-state index contributed by atoms with van der Waals surface area (Å²) in [6, 6.07) is 16.3. The van der Waals surface area contributed by atoms with E-state index < -0.39 is 0 Å². The number of aryl methyl sites for hydroxylation is 1. The highest BCUT2D eigenvalue weighted by atomic mass is 16.5. The number of rotatable bonds is 4. The monoisotopic (exact) mass is 269 g/mol. The second-order valence-electron chi connectivity index (χ2n) is 6.17. The van der Waals surface area contributed by atoms with Crippen LogP contribution in [0, 0.1) is 6.92 Å². The zero-order chi connectivity index (χ0) is 14.6. The molecule has 20 heavy (non-hydrogen) atoms. The lowest BCUT2D eigenvalue weighted by Crippen LogP contribution is -2.35. The summed E-state index contributed by atoms with van der Waals surface area (Å²) in [5.74, 6) is 1.75. The summed E-state index contributed by atoms with van der Waals surface area (Å²) in [5.41, 5.74) is 2.58. The maximum Gasteiger partial charge on any atom is 0.127 e. The number of nitrogens with one attached hydrogen (secondary N) is 1. The van der Waals surface area contributed by atoms with Gasteiger partial charge < -0.3 is 10.1 Å². The second kappa shape index (κ2) is 6.10. The molecule has 0 aliphatic rings. The molecule has 2 nitrogen and oxygen atoms in total. The number of benzene rings is 2. The molecule has 0 aliphatic heterocycles. The first-order valence-electron chi connectivity index (χ1n) is 7.01. The van der Waals surface area contributed by atoms with Crippen molar-refractivity contribution in [2.45, 2.75) is 39.8 Å². The van der Waals surface area contributed by atoms with Gasteiger partial charge in [0.15, 0.2) is 0 Å². The third-order valence-corrected chi connectivity index (χ3v) is 2.98. The zero-order valence-corrected chi connectivity index (χ0v) is 12.7. The van der Waals surface area contributed by atoms with Crippen molar-refractivity contribution in [3.8, 4) is 11.5 Å². The van der Waals surface area contributed by atoms with E-state index in [2.05, 4.69) is 57.3 Å². The van der Waals surface area contributed by atoms with Gasteiger partial charge in [-0.05, 0) is 57.5 Å². The molecule has 106 valence electrons. The van der Waals surface area contributed by atoms with Crippen LogP contribution in [-0.4, -0.2) is 5.54 Å². The maximum atomic E-state index is 5.88. The van der Waals surface area contributed by atoms with Gasteiger partial charge in [-0.3, -0.25) is 0 Å². The van der Waals surface area contributed by atoms with Crippen LogP contribution in [0.5, 0.6) is 11.5 Å². The van der Waals surface area contributed by atoms with Crippen LogP contribution in [0.15, 0.2) is 48.5 Å². The largest absolute Gasteiger partial charge is 0.457 e. The Bertz CT molecular complexity index is 552. The Morgan fingerprint density at radius 3 is 2.30 bits per heavy atom. The lowest BCUT2D eigenvalue weighted by Gasteiger charge is -2.20. The summed E-state index contributed by atoms with van der Waals surface area (Å²) in [6.07, 6.45) is 0. The normalized spacial score (nSPS) is 11.4. The van der Waals surface area contributed by atoms with Gasteiger partial charge in [-0.15, -0.1) is 0 Å². The van der Waals surface area contributed by atoms with E-state index in [0.29, 0.717) is 0 Å². The van der Waals surface area contributed by atoms with Gasteiger partial charge in [-0.1, -0.05) is 29.8 Å². The first kappa shape index (κ1) is 14.6. The number of ether oxygens (including phenoxy) is 1. The van der Waals surface area contributed by atoms with E-state index in [9.17, 15) is 0 Å². The van der Waals surface area contributed by atoms with Crippen LogP contribution in [0.2, 0.25) is 0 Å². The molecular weight excluding hydrogens is 246 g/mol. The van der Waals surface area contributed by atoms with Crippen molar-refractivity contribution < 1.29 is 4.74 Å². The summed E-state index contributed by atoms with van der Waals surface area (Å²) in [6.45, 7) is 9.41. The van der Waals surface area contributed by atoms with Gasteiger partial charge in [-0.25, -0.2) is 0 Å². The average Bonchev–Trinajstić information content (AvgIpc) is 2.39. The fraction of sp³-hybridized carbons (Fsp3) is 0.333. The quantitative estimate of drug-likeness (QED) is 0.870. The van der Waals surface area contributed by atoms with Gasteiger partial charge in [0.1, 0.15) is 11.5 Å². The zero-order valence-electron chi connectivity index (χ0n) is 12.7. The highest BCUT2D eigenvalue weighted by molar-refractivity contribution is 5.35. The Kier molecular flexibility index (Phi) is 4.46. The first-order chi connectivity index (χ1) is 9.42. The van der Waals surface area contributed by atoms with Gasteiger partial charge in [0.05, 0.1) is 0 Å². The molecule has 2 heteroatoms. The lowest BCUT2D eigenvalue weighted by molar-refractivity contribution is 0.423. The van der Waals surface area contributed by atoms with Crippen molar-refractivity contribution in [2.24, 2.45) is 0 Å². The van der Waals surface area contributed by atoms with Crippen molar-refractivity contribution in [2.75, 3.05) is 0 Å². The second-order valence-corrected chi connectivity index (χ2v) is 6.17. The Labute approximate surface area is 121 Å². The minimum absolute atomic E-state index is 0.119. The van der Waals surface area contributed by atoms with E-state index in [4.69, 9.17) is 4.74 Å². The molecule has 0 saturated carbocycles. The molecule has 2 aromatic carbocycles. The van der Waals surface area contributed by atoms with Gasteiger partial charge in [0, 0.05) is 12.1 Å². The topological polar surface area (TPSA) is 21.3 Å². The molecule has 0 heterocycles. The Hall–Kier alpha value is -1.80. The van der Waals surface area contributed by atoms with Crippen LogP contribution >= 0.6 is 0 Å². The molecule has 0 bridgehead atoms. The standard InChI is InChI=1S/C18H23NO/c1-14-8-10-16(11-9-14)20-17-7-5-6-15(12-17)13-19-18(2,3)4/h5-12,19H,13H2,1-4H3. The molecule has 0 aliphatic carbocycles. The van der Waals surface area contributed by atoms with Crippen LogP contribution in [0.3, 0.4) is 0 Å². The Balaban J connectivity index is 2.04. The van der Waals surface area contributed by atoms with E-state index in [1.807, 2.05) is 24.3 Å². The summed E-state index contributed by atoms with van der Waals surface area (Å²) in [7, 11) is 0. The molecule has 2 rings (SSSR count). The van der Waals surface area contributed by atoms with Gasteiger partial charge >= 0.3 is 0 Å². The summed E-state index contributed by atoms with van der Waals surface area (Å²) >= 11 is 0. The fourth-order valence-corrected chi connectivity index (χ4v) is 1.83. The maximum absolute atomic E-state index is 5.88. The average molecular weight is 269 g/mol. The van der Waals surface area contributed by atoms with Crippen molar-refractivity contribution in [3.05, 3.63) is 59.7 Å². The molecule has 0 aromatic heterocycles. The fourth-order valence-electron chi connectivity index (χ4n) is 1.83. The van der Waals surface area contributed by atoms with Crippen molar-refractivity contribution in [1.29, 1.82) is 0 Å². The third kappa shape index (κ3) is 4.71. The molecule has 1 N–H and O–H groups in total. The van der Waals surface area contributed by atoms with Crippen LogP contribution in [-0.2, 0) is 6.54 Å². The highest BCUT2D eigenvalue weighted by Crippen LogP contribution is 2.22. The van der Waals surface area contributed by atoms with Crippen LogP contribution in [0.25, 0.3) is 0 Å². The summed E-state index contributed by atoms with van der Waals surface area (Å²) in [5, 5.41) is 3.48. The van der Waals surface area contributed by atoms with Crippen molar-refractivity contribution in [3.63, 3.8) is 0 Å². The number of hydrogen-bond acceptors (Lipinski definition) is 2. The van der Waals surface area contributed by atoms with E-state index in [-0.39, 0.29) is 5.54 Å². The van der Waals surface area contributed by atoms with Crippen molar-refractivity contribution in [1.82, 2.24) is 5.32 Å². The highest BCUT2D eigenvalue weighted by Gasteiger charge is 2.08. The summed E-state index contributed by atoms with van der Waals surface area (Å²) in [4.78, 5) is 0. The van der Waals surface area contributed by atoms with Crippen molar-refractivity contribution >= 4 is 0 Å². The van der Waals surface area contributed by atoms with E-state index in [0.717, 1.165) is 18.0 Å². The Morgan fingerprint density at radius 2 is 1.65 bits per heavy atom. The number of hydrogen-bond donors (Lipinski definition) is 1. The molecule has 0 unspecified atom stereocenters.